The second-order valence-corrected chi connectivity index (χ2v) is 4.85. The van der Waals surface area contributed by atoms with E-state index in [1.165, 1.54) is 16.2 Å². The van der Waals surface area contributed by atoms with Gasteiger partial charge in [-0.2, -0.15) is 0 Å². The lowest BCUT2D eigenvalue weighted by Gasteiger charge is -2.19. The van der Waals surface area contributed by atoms with Gasteiger partial charge in [-0.3, -0.25) is 9.59 Å². The first-order chi connectivity index (χ1) is 8.58. The second-order valence-electron chi connectivity index (χ2n) is 3.78. The van der Waals surface area contributed by atoms with Crippen molar-refractivity contribution in [3.05, 3.63) is 16.1 Å². The lowest BCUT2D eigenvalue weighted by Crippen LogP contribution is -2.37. The molecule has 0 aliphatic rings. The minimum absolute atomic E-state index is 0.0168. The summed E-state index contributed by atoms with van der Waals surface area (Å²) in [4.78, 5) is 29.2. The van der Waals surface area contributed by atoms with Gasteiger partial charge in [0.2, 0.25) is 0 Å². The molecule has 1 rings (SSSR count). The van der Waals surface area contributed by atoms with Crippen molar-refractivity contribution in [1.82, 2.24) is 9.88 Å². The number of carbonyl (C=O) groups excluding carboxylic acids is 2. The number of nitrogens with zero attached hydrogens (tertiary/aromatic N) is 2. The number of ether oxygens (including phenoxy) is 1. The Morgan fingerprint density at radius 2 is 2.17 bits per heavy atom. The van der Waals surface area contributed by atoms with Gasteiger partial charge in [-0.25, -0.2) is 4.98 Å². The number of aromatic nitrogens is 1. The van der Waals surface area contributed by atoms with Crippen molar-refractivity contribution in [1.29, 1.82) is 0 Å². The van der Waals surface area contributed by atoms with Crippen molar-refractivity contribution in [3.8, 4) is 0 Å². The van der Waals surface area contributed by atoms with Crippen LogP contribution < -0.4 is 0 Å². The zero-order valence-electron chi connectivity index (χ0n) is 10.9. The van der Waals surface area contributed by atoms with Crippen LogP contribution in [0, 0.1) is 6.92 Å². The first-order valence-corrected chi connectivity index (χ1v) is 6.83. The van der Waals surface area contributed by atoms with Crippen LogP contribution in [-0.2, 0) is 9.53 Å². The van der Waals surface area contributed by atoms with Crippen molar-refractivity contribution in [2.45, 2.75) is 27.2 Å². The maximum absolute atomic E-state index is 12.2. The molecule has 0 bridgehead atoms. The summed E-state index contributed by atoms with van der Waals surface area (Å²) in [5, 5.41) is 2.55. The van der Waals surface area contributed by atoms with Crippen molar-refractivity contribution in [3.63, 3.8) is 0 Å². The highest BCUT2D eigenvalue weighted by Gasteiger charge is 2.20. The fourth-order valence-electron chi connectivity index (χ4n) is 1.51. The number of esters is 1. The zero-order valence-corrected chi connectivity index (χ0v) is 11.7. The SMILES string of the molecule is CCCN(CC(=O)OCC)C(=O)c1csc(C)n1. The predicted molar refractivity (Wildman–Crippen MR) is 69.7 cm³/mol. The van der Waals surface area contributed by atoms with E-state index < -0.39 is 0 Å². The molecule has 1 aromatic rings. The molecular formula is C12H18N2O3S. The van der Waals surface area contributed by atoms with Gasteiger partial charge in [0.05, 0.1) is 11.6 Å². The molecule has 5 nitrogen and oxygen atoms in total. The van der Waals surface area contributed by atoms with E-state index in [0.717, 1.165) is 11.4 Å². The molecule has 0 spiro atoms. The summed E-state index contributed by atoms with van der Waals surface area (Å²) in [5.74, 6) is -0.597. The van der Waals surface area contributed by atoms with Gasteiger partial charge >= 0.3 is 5.97 Å². The average molecular weight is 270 g/mol. The molecule has 1 heterocycles. The van der Waals surface area contributed by atoms with Crippen LogP contribution in [0.5, 0.6) is 0 Å². The Morgan fingerprint density at radius 1 is 1.44 bits per heavy atom. The van der Waals surface area contributed by atoms with Crippen molar-refractivity contribution < 1.29 is 14.3 Å². The summed E-state index contributed by atoms with van der Waals surface area (Å²) in [6.45, 7) is 6.37. The Morgan fingerprint density at radius 3 is 2.67 bits per heavy atom. The Balaban J connectivity index is 2.71. The summed E-state index contributed by atoms with van der Waals surface area (Å²) in [6.07, 6.45) is 0.786. The molecule has 0 unspecified atom stereocenters. The number of carbonyl (C=O) groups is 2. The Labute approximate surface area is 111 Å². The molecule has 0 saturated carbocycles. The van der Waals surface area contributed by atoms with E-state index in [1.54, 1.807) is 12.3 Å². The molecule has 0 aliphatic heterocycles. The molecule has 0 radical (unpaired) electrons. The molecule has 1 aromatic heterocycles. The number of thiazole rings is 1. The van der Waals surface area contributed by atoms with Crippen molar-refractivity contribution >= 4 is 23.2 Å². The summed E-state index contributed by atoms with van der Waals surface area (Å²) in [7, 11) is 0. The fourth-order valence-corrected chi connectivity index (χ4v) is 2.10. The maximum Gasteiger partial charge on any atom is 0.325 e. The molecule has 0 aromatic carbocycles. The topological polar surface area (TPSA) is 59.5 Å². The molecule has 0 atom stereocenters. The fraction of sp³-hybridized carbons (Fsp3) is 0.583. The summed E-state index contributed by atoms with van der Waals surface area (Å²) < 4.78 is 4.86. The third-order valence-electron chi connectivity index (χ3n) is 2.24. The van der Waals surface area contributed by atoms with Gasteiger partial charge < -0.3 is 9.64 Å². The summed E-state index contributed by atoms with van der Waals surface area (Å²) >= 11 is 1.42. The lowest BCUT2D eigenvalue weighted by atomic mass is 10.3. The van der Waals surface area contributed by atoms with Crippen molar-refractivity contribution in [2.75, 3.05) is 19.7 Å². The Hall–Kier alpha value is -1.43. The van der Waals surface area contributed by atoms with E-state index in [2.05, 4.69) is 4.98 Å². The average Bonchev–Trinajstić information content (AvgIpc) is 2.75. The highest BCUT2D eigenvalue weighted by molar-refractivity contribution is 7.09. The van der Waals surface area contributed by atoms with Gasteiger partial charge in [-0.1, -0.05) is 6.92 Å². The zero-order chi connectivity index (χ0) is 13.5. The molecule has 1 amide bonds. The maximum atomic E-state index is 12.2. The minimum atomic E-state index is -0.383. The van der Waals surface area contributed by atoms with E-state index in [9.17, 15) is 9.59 Å². The molecule has 0 saturated heterocycles. The third kappa shape index (κ3) is 4.10. The van der Waals surface area contributed by atoms with Crippen LogP contribution in [0.3, 0.4) is 0 Å². The largest absolute Gasteiger partial charge is 0.465 e. The van der Waals surface area contributed by atoms with E-state index in [1.807, 2.05) is 13.8 Å². The highest BCUT2D eigenvalue weighted by atomic mass is 32.1. The van der Waals surface area contributed by atoms with Crippen LogP contribution in [0.4, 0.5) is 0 Å². The molecule has 0 aliphatic carbocycles. The molecule has 6 heteroatoms. The highest BCUT2D eigenvalue weighted by Crippen LogP contribution is 2.11. The monoisotopic (exact) mass is 270 g/mol. The van der Waals surface area contributed by atoms with Crippen LogP contribution >= 0.6 is 11.3 Å². The van der Waals surface area contributed by atoms with Gasteiger partial charge in [-0.05, 0) is 20.3 Å². The van der Waals surface area contributed by atoms with Gasteiger partial charge in [0.25, 0.3) is 5.91 Å². The number of hydrogen-bond acceptors (Lipinski definition) is 5. The number of rotatable bonds is 6. The van der Waals surface area contributed by atoms with Crippen LogP contribution in [-0.4, -0.2) is 41.5 Å². The summed E-state index contributed by atoms with van der Waals surface area (Å²) in [5.41, 5.74) is 0.398. The molecule has 100 valence electrons. The first kappa shape index (κ1) is 14.6. The molecule has 0 N–H and O–H groups in total. The molecular weight excluding hydrogens is 252 g/mol. The molecule has 0 fully saturated rings. The Bertz CT molecular complexity index is 417. The normalized spacial score (nSPS) is 10.2. The minimum Gasteiger partial charge on any atom is -0.465 e. The van der Waals surface area contributed by atoms with Crippen LogP contribution in [0.15, 0.2) is 5.38 Å². The Kier molecular flexibility index (Phi) is 5.77. The van der Waals surface area contributed by atoms with Gasteiger partial charge in [0.15, 0.2) is 0 Å². The molecule has 18 heavy (non-hydrogen) atoms. The van der Waals surface area contributed by atoms with Gasteiger partial charge in [-0.15, -0.1) is 11.3 Å². The van der Waals surface area contributed by atoms with Gasteiger partial charge in [0.1, 0.15) is 12.2 Å². The van der Waals surface area contributed by atoms with Crippen molar-refractivity contribution in [2.24, 2.45) is 0 Å². The summed E-state index contributed by atoms with van der Waals surface area (Å²) in [6, 6.07) is 0. The van der Waals surface area contributed by atoms with E-state index in [4.69, 9.17) is 4.74 Å². The lowest BCUT2D eigenvalue weighted by molar-refractivity contribution is -0.143. The third-order valence-corrected chi connectivity index (χ3v) is 3.02. The van der Waals surface area contributed by atoms with E-state index in [0.29, 0.717) is 18.8 Å². The smallest absolute Gasteiger partial charge is 0.325 e. The van der Waals surface area contributed by atoms with E-state index in [-0.39, 0.29) is 18.4 Å². The standard InChI is InChI=1S/C12H18N2O3S/c1-4-6-14(7-11(15)17-5-2)12(16)10-8-18-9(3)13-10/h8H,4-7H2,1-3H3. The first-order valence-electron chi connectivity index (χ1n) is 5.95. The number of aryl methyl sites for hydroxylation is 1. The quantitative estimate of drug-likeness (QED) is 0.740. The number of hydrogen-bond donors (Lipinski definition) is 0. The van der Waals surface area contributed by atoms with Crippen LogP contribution in [0.25, 0.3) is 0 Å². The number of amides is 1. The van der Waals surface area contributed by atoms with Crippen LogP contribution in [0.1, 0.15) is 35.8 Å². The van der Waals surface area contributed by atoms with E-state index >= 15 is 0 Å². The van der Waals surface area contributed by atoms with Gasteiger partial charge in [0, 0.05) is 11.9 Å². The predicted octanol–water partition coefficient (Wildman–Crippen LogP) is 1.87. The second kappa shape index (κ2) is 7.10. The van der Waals surface area contributed by atoms with Crippen LogP contribution in [0.2, 0.25) is 0 Å².